The molecular formula is C20H26NO3S2+. The Balaban J connectivity index is 1.51. The van der Waals surface area contributed by atoms with Crippen LogP contribution in [0.5, 0.6) is 0 Å². The quantitative estimate of drug-likeness (QED) is 0.321. The number of hydrogen-bond acceptors (Lipinski definition) is 5. The number of piperidine rings is 1. The van der Waals surface area contributed by atoms with E-state index >= 15 is 0 Å². The Morgan fingerprint density at radius 3 is 2.65 bits per heavy atom. The van der Waals surface area contributed by atoms with Crippen LogP contribution < -0.4 is 0 Å². The van der Waals surface area contributed by atoms with E-state index in [-0.39, 0.29) is 18.0 Å². The lowest BCUT2D eigenvalue weighted by Crippen LogP contribution is -2.60. The molecule has 26 heavy (non-hydrogen) atoms. The van der Waals surface area contributed by atoms with E-state index in [0.717, 1.165) is 27.1 Å². The highest BCUT2D eigenvalue weighted by Crippen LogP contribution is 2.52. The standard InChI is InChI=1S/C20H26NO3S2/c1-5-7-15(25-4)17(16-8-6-9-26-16)20(22)23-12-10-13-18-19(24-18)14(11-12)21(13,2)3/h5-9,12-14,17-19H,1,10-11H2,2-4H3/q+1. The third kappa shape index (κ3) is 2.97. The molecule has 4 heterocycles. The van der Waals surface area contributed by atoms with Crippen molar-refractivity contribution in [1.82, 2.24) is 0 Å². The van der Waals surface area contributed by atoms with Crippen LogP contribution in [0.25, 0.3) is 0 Å². The lowest BCUT2D eigenvalue weighted by atomic mass is 9.96. The first kappa shape index (κ1) is 18.3. The number of carbonyl (C=O) groups excluding carboxylic acids is 1. The number of carbonyl (C=O) groups is 1. The highest BCUT2D eigenvalue weighted by molar-refractivity contribution is 8.02. The van der Waals surface area contributed by atoms with Crippen LogP contribution >= 0.6 is 23.1 Å². The number of likely N-dealkylation sites (N-methyl/N-ethyl adjacent to an activating group) is 1. The van der Waals surface area contributed by atoms with Crippen molar-refractivity contribution in [1.29, 1.82) is 0 Å². The molecule has 5 atom stereocenters. The molecule has 0 saturated carbocycles. The highest BCUT2D eigenvalue weighted by atomic mass is 32.2. The van der Waals surface area contributed by atoms with Crippen LogP contribution in [0.15, 0.2) is 41.1 Å². The van der Waals surface area contributed by atoms with Crippen LogP contribution in [0.2, 0.25) is 0 Å². The van der Waals surface area contributed by atoms with Gasteiger partial charge in [-0.15, -0.1) is 23.1 Å². The predicted octanol–water partition coefficient (Wildman–Crippen LogP) is 3.56. The smallest absolute Gasteiger partial charge is 0.319 e. The highest BCUT2D eigenvalue weighted by Gasteiger charge is 2.70. The summed E-state index contributed by atoms with van der Waals surface area (Å²) in [5.41, 5.74) is 0. The second-order valence-corrected chi connectivity index (χ2v) is 9.68. The van der Waals surface area contributed by atoms with E-state index in [0.29, 0.717) is 24.3 Å². The second kappa shape index (κ2) is 6.82. The molecule has 0 spiro atoms. The van der Waals surface area contributed by atoms with Crippen molar-refractivity contribution in [3.8, 4) is 0 Å². The summed E-state index contributed by atoms with van der Waals surface area (Å²) < 4.78 is 12.9. The molecule has 3 fully saturated rings. The van der Waals surface area contributed by atoms with E-state index in [4.69, 9.17) is 9.47 Å². The largest absolute Gasteiger partial charge is 0.461 e. The van der Waals surface area contributed by atoms with E-state index in [1.807, 2.05) is 29.8 Å². The summed E-state index contributed by atoms with van der Waals surface area (Å²) in [6.07, 6.45) is 8.18. The number of thioether (sulfide) groups is 1. The molecule has 0 aliphatic carbocycles. The lowest BCUT2D eigenvalue weighted by molar-refractivity contribution is -0.938. The number of allylic oxidation sites excluding steroid dienone is 2. The van der Waals surface area contributed by atoms with Gasteiger partial charge in [-0.25, -0.2) is 0 Å². The second-order valence-electron chi connectivity index (χ2n) is 7.82. The average Bonchev–Trinajstić information content (AvgIpc) is 3.17. The molecule has 3 aliphatic rings. The van der Waals surface area contributed by atoms with Crippen LogP contribution in [-0.4, -0.2) is 61.2 Å². The number of epoxide rings is 1. The van der Waals surface area contributed by atoms with E-state index in [1.54, 1.807) is 29.2 Å². The molecular weight excluding hydrogens is 366 g/mol. The molecule has 4 nitrogen and oxygen atoms in total. The van der Waals surface area contributed by atoms with Crippen molar-refractivity contribution >= 4 is 29.1 Å². The van der Waals surface area contributed by atoms with Crippen molar-refractivity contribution in [2.45, 2.75) is 49.2 Å². The zero-order valence-corrected chi connectivity index (χ0v) is 17.1. The Morgan fingerprint density at radius 2 is 2.12 bits per heavy atom. The summed E-state index contributed by atoms with van der Waals surface area (Å²) in [7, 11) is 4.58. The van der Waals surface area contributed by atoms with Crippen molar-refractivity contribution in [3.05, 3.63) is 46.0 Å². The molecule has 5 unspecified atom stereocenters. The van der Waals surface area contributed by atoms with Crippen molar-refractivity contribution in [3.63, 3.8) is 0 Å². The van der Waals surface area contributed by atoms with E-state index in [9.17, 15) is 4.79 Å². The summed E-state index contributed by atoms with van der Waals surface area (Å²) in [5, 5.41) is 2.01. The van der Waals surface area contributed by atoms with Crippen LogP contribution in [0, 0.1) is 0 Å². The minimum atomic E-state index is -0.351. The fourth-order valence-corrected chi connectivity index (χ4v) is 6.36. The summed E-state index contributed by atoms with van der Waals surface area (Å²) >= 11 is 3.18. The Bertz CT molecular complexity index is 707. The summed E-state index contributed by atoms with van der Waals surface area (Å²) in [5.74, 6) is -0.489. The molecule has 1 aromatic heterocycles. The van der Waals surface area contributed by atoms with Gasteiger partial charge in [0, 0.05) is 22.6 Å². The van der Waals surface area contributed by atoms with Gasteiger partial charge >= 0.3 is 5.97 Å². The number of hydrogen-bond donors (Lipinski definition) is 0. The number of ether oxygens (including phenoxy) is 2. The fourth-order valence-electron chi connectivity index (χ4n) is 4.76. The van der Waals surface area contributed by atoms with Gasteiger partial charge in [-0.05, 0) is 17.7 Å². The molecule has 0 radical (unpaired) electrons. The number of nitrogens with zero attached hydrogens (tertiary/aromatic N) is 1. The summed E-state index contributed by atoms with van der Waals surface area (Å²) in [4.78, 5) is 15.1. The first-order valence-corrected chi connectivity index (χ1v) is 11.2. The monoisotopic (exact) mass is 392 g/mol. The van der Waals surface area contributed by atoms with E-state index < -0.39 is 0 Å². The van der Waals surface area contributed by atoms with Gasteiger partial charge in [-0.2, -0.15) is 0 Å². The Morgan fingerprint density at radius 1 is 1.42 bits per heavy atom. The van der Waals surface area contributed by atoms with Gasteiger partial charge in [0.25, 0.3) is 0 Å². The average molecular weight is 393 g/mol. The van der Waals surface area contributed by atoms with Gasteiger partial charge in [-0.3, -0.25) is 4.79 Å². The third-order valence-electron chi connectivity index (χ3n) is 6.19. The SMILES string of the molecule is C=CC=C(SC)C(C(=O)OC1CC2C3OC3C(C1)[N+]2(C)C)c1cccs1. The number of morpholine rings is 1. The first-order chi connectivity index (χ1) is 12.5. The lowest BCUT2D eigenvalue weighted by Gasteiger charge is -2.45. The molecule has 2 bridgehead atoms. The zero-order chi connectivity index (χ0) is 18.5. The predicted molar refractivity (Wildman–Crippen MR) is 106 cm³/mol. The van der Waals surface area contributed by atoms with Crippen LogP contribution in [0.4, 0.5) is 0 Å². The molecule has 6 heteroatoms. The van der Waals surface area contributed by atoms with Crippen molar-refractivity contribution in [2.75, 3.05) is 20.4 Å². The van der Waals surface area contributed by atoms with Gasteiger partial charge in [0.2, 0.25) is 0 Å². The molecule has 1 aromatic rings. The Hall–Kier alpha value is -1.08. The van der Waals surface area contributed by atoms with Crippen LogP contribution in [0.1, 0.15) is 23.6 Å². The maximum atomic E-state index is 13.1. The van der Waals surface area contributed by atoms with Gasteiger partial charge in [0.1, 0.15) is 36.3 Å². The van der Waals surface area contributed by atoms with Crippen molar-refractivity contribution < 1.29 is 18.8 Å². The molecule has 0 aromatic carbocycles. The fraction of sp³-hybridized carbons (Fsp3) is 0.550. The first-order valence-electron chi connectivity index (χ1n) is 9.06. The van der Waals surface area contributed by atoms with Gasteiger partial charge in [-0.1, -0.05) is 24.8 Å². The van der Waals surface area contributed by atoms with E-state index in [1.165, 1.54) is 0 Å². The molecule has 0 amide bonds. The van der Waals surface area contributed by atoms with Crippen LogP contribution in [-0.2, 0) is 14.3 Å². The minimum Gasteiger partial charge on any atom is -0.461 e. The Kier molecular flexibility index (Phi) is 4.80. The third-order valence-corrected chi connectivity index (χ3v) is 7.97. The van der Waals surface area contributed by atoms with Gasteiger partial charge < -0.3 is 14.0 Å². The summed E-state index contributed by atoms with van der Waals surface area (Å²) in [6.45, 7) is 3.79. The Labute approximate surface area is 163 Å². The molecule has 4 rings (SSSR count). The normalized spacial score (nSPS) is 35.5. The molecule has 3 aliphatic heterocycles. The molecule has 140 valence electrons. The molecule has 0 N–H and O–H groups in total. The number of thiophene rings is 1. The maximum absolute atomic E-state index is 13.1. The topological polar surface area (TPSA) is 38.8 Å². The van der Waals surface area contributed by atoms with Gasteiger partial charge in [0.15, 0.2) is 0 Å². The minimum absolute atomic E-state index is 0.00523. The maximum Gasteiger partial charge on any atom is 0.319 e. The van der Waals surface area contributed by atoms with Crippen molar-refractivity contribution in [2.24, 2.45) is 0 Å². The van der Waals surface area contributed by atoms with E-state index in [2.05, 4.69) is 20.7 Å². The zero-order valence-electron chi connectivity index (χ0n) is 15.5. The summed E-state index contributed by atoms with van der Waals surface area (Å²) in [6, 6.07) is 4.88. The number of esters is 1. The number of rotatable bonds is 6. The number of fused-ring (bicyclic) bond motifs is 5. The van der Waals surface area contributed by atoms with Crippen LogP contribution in [0.3, 0.4) is 0 Å². The molecule has 3 saturated heterocycles. The van der Waals surface area contributed by atoms with Gasteiger partial charge in [0.05, 0.1) is 14.1 Å². The number of quaternary nitrogens is 1.